The average molecular weight is 472 g/mol. The van der Waals surface area contributed by atoms with Crippen LogP contribution in [0, 0.1) is 0 Å². The van der Waals surface area contributed by atoms with E-state index in [4.69, 9.17) is 4.74 Å². The summed E-state index contributed by atoms with van der Waals surface area (Å²) < 4.78 is 7.85. The maximum Gasteiger partial charge on any atom is 0.271 e. The summed E-state index contributed by atoms with van der Waals surface area (Å²) in [6, 6.07) is 21.8. The van der Waals surface area contributed by atoms with Crippen LogP contribution in [-0.4, -0.2) is 39.5 Å². The molecule has 5 rings (SSSR count). The summed E-state index contributed by atoms with van der Waals surface area (Å²) in [5, 5.41) is 3.27. The summed E-state index contributed by atoms with van der Waals surface area (Å²) in [5.74, 6) is 0.506. The maximum absolute atomic E-state index is 14.0. The molecule has 2 aromatic carbocycles. The molecule has 6 heteroatoms. The molecule has 35 heavy (non-hydrogen) atoms. The van der Waals surface area contributed by atoms with Gasteiger partial charge in [-0.3, -0.25) is 9.59 Å². The molecule has 0 bridgehead atoms. The molecular formula is C29H33N3O3. The second-order valence-electron chi connectivity index (χ2n) is 9.72. The van der Waals surface area contributed by atoms with Crippen LogP contribution in [0.2, 0.25) is 0 Å². The van der Waals surface area contributed by atoms with Crippen molar-refractivity contribution in [2.45, 2.75) is 64.2 Å². The van der Waals surface area contributed by atoms with Crippen molar-refractivity contribution in [3.63, 3.8) is 0 Å². The van der Waals surface area contributed by atoms with E-state index in [-0.39, 0.29) is 17.9 Å². The summed E-state index contributed by atoms with van der Waals surface area (Å²) in [5.41, 5.74) is 2.42. The van der Waals surface area contributed by atoms with Crippen LogP contribution in [0.5, 0.6) is 5.75 Å². The van der Waals surface area contributed by atoms with E-state index in [0.29, 0.717) is 25.4 Å². The lowest BCUT2D eigenvalue weighted by molar-refractivity contribution is -0.133. The smallest absolute Gasteiger partial charge is 0.271 e. The van der Waals surface area contributed by atoms with Crippen LogP contribution in [0.4, 0.5) is 0 Å². The van der Waals surface area contributed by atoms with Crippen molar-refractivity contribution in [1.29, 1.82) is 0 Å². The molecule has 182 valence electrons. The molecule has 2 heterocycles. The average Bonchev–Trinajstić information content (AvgIpc) is 3.53. The van der Waals surface area contributed by atoms with Crippen LogP contribution in [-0.2, 0) is 17.9 Å². The van der Waals surface area contributed by atoms with E-state index >= 15 is 0 Å². The Morgan fingerprint density at radius 1 is 1.00 bits per heavy atom. The van der Waals surface area contributed by atoms with Gasteiger partial charge in [0.1, 0.15) is 17.0 Å². The number of hydrogen-bond donors (Lipinski definition) is 1. The lowest BCUT2D eigenvalue weighted by Gasteiger charge is -2.45. The zero-order chi connectivity index (χ0) is 24.4. The van der Waals surface area contributed by atoms with Crippen molar-refractivity contribution in [3.05, 3.63) is 78.0 Å². The SMILES string of the molecule is CCOc1ccccc1CN1C(=O)c2ccc(-c3ccccc3)n2C[C@]1(C)C(=O)NC1CCCC1. The number of ether oxygens (including phenoxy) is 1. The molecule has 1 fully saturated rings. The number of amides is 2. The predicted octanol–water partition coefficient (Wildman–Crippen LogP) is 5.03. The number of rotatable bonds is 7. The fourth-order valence-electron chi connectivity index (χ4n) is 5.39. The van der Waals surface area contributed by atoms with Gasteiger partial charge < -0.3 is 19.5 Å². The van der Waals surface area contributed by atoms with Crippen molar-refractivity contribution in [2.75, 3.05) is 6.61 Å². The van der Waals surface area contributed by atoms with E-state index in [1.54, 1.807) is 4.90 Å². The van der Waals surface area contributed by atoms with Gasteiger partial charge in [-0.15, -0.1) is 0 Å². The van der Waals surface area contributed by atoms with Gasteiger partial charge in [0, 0.05) is 17.3 Å². The van der Waals surface area contributed by atoms with E-state index < -0.39 is 5.54 Å². The molecule has 0 saturated heterocycles. The zero-order valence-corrected chi connectivity index (χ0v) is 20.5. The molecule has 1 saturated carbocycles. The first-order valence-corrected chi connectivity index (χ1v) is 12.6. The van der Waals surface area contributed by atoms with Gasteiger partial charge in [-0.05, 0) is 50.5 Å². The van der Waals surface area contributed by atoms with Crippen LogP contribution in [0.3, 0.4) is 0 Å². The Morgan fingerprint density at radius 2 is 1.69 bits per heavy atom. The number of hydrogen-bond acceptors (Lipinski definition) is 3. The first-order chi connectivity index (χ1) is 17.0. The number of para-hydroxylation sites is 1. The monoisotopic (exact) mass is 471 g/mol. The van der Waals surface area contributed by atoms with E-state index in [2.05, 4.69) is 5.32 Å². The molecule has 0 radical (unpaired) electrons. The molecule has 6 nitrogen and oxygen atoms in total. The van der Waals surface area contributed by atoms with Crippen LogP contribution in [0.25, 0.3) is 11.3 Å². The summed E-state index contributed by atoms with van der Waals surface area (Å²) in [7, 11) is 0. The lowest BCUT2D eigenvalue weighted by Crippen LogP contribution is -2.64. The molecule has 2 aliphatic rings. The summed E-state index contributed by atoms with van der Waals surface area (Å²) in [6.07, 6.45) is 4.25. The molecule has 1 aliphatic carbocycles. The third-order valence-electron chi connectivity index (χ3n) is 7.36. The van der Waals surface area contributed by atoms with E-state index in [0.717, 1.165) is 48.3 Å². The highest BCUT2D eigenvalue weighted by Gasteiger charge is 2.48. The summed E-state index contributed by atoms with van der Waals surface area (Å²) in [6.45, 7) is 5.07. The second-order valence-corrected chi connectivity index (χ2v) is 9.72. The molecule has 3 aromatic rings. The van der Waals surface area contributed by atoms with Crippen molar-refractivity contribution in [1.82, 2.24) is 14.8 Å². The van der Waals surface area contributed by atoms with Gasteiger partial charge in [-0.1, -0.05) is 61.4 Å². The largest absolute Gasteiger partial charge is 0.494 e. The fourth-order valence-corrected chi connectivity index (χ4v) is 5.39. The van der Waals surface area contributed by atoms with Gasteiger partial charge in [-0.2, -0.15) is 0 Å². The van der Waals surface area contributed by atoms with Crippen molar-refractivity contribution >= 4 is 11.8 Å². The minimum absolute atomic E-state index is 0.0926. The van der Waals surface area contributed by atoms with Crippen LogP contribution in [0.1, 0.15) is 55.6 Å². The molecule has 1 atom stereocenters. The second kappa shape index (κ2) is 9.61. The summed E-state index contributed by atoms with van der Waals surface area (Å²) in [4.78, 5) is 29.6. The Balaban J connectivity index is 1.56. The Labute approximate surface area is 206 Å². The minimum Gasteiger partial charge on any atom is -0.494 e. The van der Waals surface area contributed by atoms with Gasteiger partial charge in [0.25, 0.3) is 5.91 Å². The van der Waals surface area contributed by atoms with Crippen LogP contribution in [0.15, 0.2) is 66.7 Å². The highest BCUT2D eigenvalue weighted by molar-refractivity contribution is 6.00. The van der Waals surface area contributed by atoms with E-state index in [9.17, 15) is 9.59 Å². The Bertz CT molecular complexity index is 1210. The number of nitrogens with zero attached hydrogens (tertiary/aromatic N) is 2. The molecule has 1 aromatic heterocycles. The van der Waals surface area contributed by atoms with E-state index in [1.165, 1.54) is 0 Å². The fraction of sp³-hybridized carbons (Fsp3) is 0.379. The Hall–Kier alpha value is -3.54. The van der Waals surface area contributed by atoms with Gasteiger partial charge >= 0.3 is 0 Å². The lowest BCUT2D eigenvalue weighted by atomic mass is 9.93. The highest BCUT2D eigenvalue weighted by Crippen LogP contribution is 2.35. The van der Waals surface area contributed by atoms with Crippen molar-refractivity contribution < 1.29 is 14.3 Å². The summed E-state index contributed by atoms with van der Waals surface area (Å²) >= 11 is 0. The molecule has 1 aliphatic heterocycles. The first-order valence-electron chi connectivity index (χ1n) is 12.6. The third-order valence-corrected chi connectivity index (χ3v) is 7.36. The topological polar surface area (TPSA) is 63.6 Å². The normalized spacial score (nSPS) is 20.1. The Kier molecular flexibility index (Phi) is 6.37. The number of nitrogens with one attached hydrogen (secondary N) is 1. The van der Waals surface area contributed by atoms with Crippen molar-refractivity contribution in [3.8, 4) is 17.0 Å². The molecule has 0 spiro atoms. The standard InChI is InChI=1S/C29H33N3O3/c1-3-35-26-16-10-7-13-22(26)19-32-27(33)25-18-17-24(21-11-5-4-6-12-21)31(25)20-29(32,2)28(34)30-23-14-8-9-15-23/h4-7,10-13,16-18,23H,3,8-9,14-15,19-20H2,1-2H3,(H,30,34)/t29-/m1/s1. The number of aromatic nitrogens is 1. The minimum atomic E-state index is -1.05. The third kappa shape index (κ3) is 4.33. The van der Waals surface area contributed by atoms with Crippen LogP contribution >= 0.6 is 0 Å². The maximum atomic E-state index is 14.0. The first kappa shape index (κ1) is 23.2. The van der Waals surface area contributed by atoms with Gasteiger partial charge in [0.05, 0.1) is 19.7 Å². The number of carbonyl (C=O) groups excluding carboxylic acids is 2. The molecular weight excluding hydrogens is 438 g/mol. The zero-order valence-electron chi connectivity index (χ0n) is 20.5. The number of fused-ring (bicyclic) bond motifs is 1. The predicted molar refractivity (Wildman–Crippen MR) is 136 cm³/mol. The molecule has 1 N–H and O–H groups in total. The molecule has 0 unspecified atom stereocenters. The van der Waals surface area contributed by atoms with Gasteiger partial charge in [0.2, 0.25) is 5.91 Å². The number of benzene rings is 2. The van der Waals surface area contributed by atoms with Crippen molar-refractivity contribution in [2.24, 2.45) is 0 Å². The highest BCUT2D eigenvalue weighted by atomic mass is 16.5. The van der Waals surface area contributed by atoms with E-state index in [1.807, 2.05) is 85.1 Å². The quantitative estimate of drug-likeness (QED) is 0.526. The van der Waals surface area contributed by atoms with Gasteiger partial charge in [0.15, 0.2) is 0 Å². The van der Waals surface area contributed by atoms with Gasteiger partial charge in [-0.25, -0.2) is 0 Å². The van der Waals surface area contributed by atoms with Crippen LogP contribution < -0.4 is 10.1 Å². The Morgan fingerprint density at radius 3 is 2.43 bits per heavy atom. The molecule has 2 amide bonds. The number of carbonyl (C=O) groups is 2.